The predicted molar refractivity (Wildman–Crippen MR) is 118 cm³/mol. The molecule has 10 heteroatoms. The summed E-state index contributed by atoms with van der Waals surface area (Å²) in [6.07, 6.45) is 1.66. The van der Waals surface area contributed by atoms with Crippen LogP contribution >= 0.6 is 0 Å². The maximum Gasteiger partial charge on any atom is 0.298 e. The quantitative estimate of drug-likeness (QED) is 0.518. The number of amides is 1. The fourth-order valence-corrected chi connectivity index (χ4v) is 3.24. The molecule has 0 unspecified atom stereocenters. The highest BCUT2D eigenvalue weighted by molar-refractivity contribution is 5.73. The molecule has 0 aliphatic rings. The lowest BCUT2D eigenvalue weighted by Crippen LogP contribution is -2.27. The lowest BCUT2D eigenvalue weighted by atomic mass is 10.1. The van der Waals surface area contributed by atoms with Gasteiger partial charge in [-0.3, -0.25) is 14.2 Å². The number of halogens is 2. The zero-order valence-corrected chi connectivity index (χ0v) is 18.0. The first-order valence-corrected chi connectivity index (χ1v) is 9.94. The van der Waals surface area contributed by atoms with Crippen LogP contribution in [0.15, 0.2) is 35.3 Å². The van der Waals surface area contributed by atoms with Crippen molar-refractivity contribution in [2.24, 2.45) is 0 Å². The molecule has 2 aromatic heterocycles. The van der Waals surface area contributed by atoms with Crippen LogP contribution < -0.4 is 21.9 Å². The minimum Gasteiger partial charge on any atom is -0.382 e. The molecule has 8 nitrogen and oxygen atoms in total. The van der Waals surface area contributed by atoms with Crippen LogP contribution in [0.1, 0.15) is 29.4 Å². The van der Waals surface area contributed by atoms with Gasteiger partial charge in [0.25, 0.3) is 5.56 Å². The number of nitrogens with one attached hydrogen (secondary N) is 2. The summed E-state index contributed by atoms with van der Waals surface area (Å²) in [7, 11) is 0. The van der Waals surface area contributed by atoms with Gasteiger partial charge < -0.3 is 16.4 Å². The molecule has 2 heterocycles. The SMILES string of the molecule is CC(=O)NCc1cc(-n2c(C)cnc(NCCc3cc(F)ccc3F)c2=O)c(N)nc1C. The first-order chi connectivity index (χ1) is 15.2. The Morgan fingerprint density at radius 2 is 1.94 bits per heavy atom. The number of carbonyl (C=O) groups is 1. The molecule has 3 aromatic rings. The third-order valence-electron chi connectivity index (χ3n) is 4.93. The van der Waals surface area contributed by atoms with E-state index in [0.717, 1.165) is 18.2 Å². The first-order valence-electron chi connectivity index (χ1n) is 9.94. The number of nitrogen functional groups attached to an aromatic ring is 1. The highest BCUT2D eigenvalue weighted by atomic mass is 19.1. The molecule has 168 valence electrons. The molecule has 3 rings (SSSR count). The number of carbonyl (C=O) groups excluding carboxylic acids is 1. The molecule has 4 N–H and O–H groups in total. The zero-order chi connectivity index (χ0) is 23.4. The van der Waals surface area contributed by atoms with Crippen molar-refractivity contribution in [3.63, 3.8) is 0 Å². The maximum atomic E-state index is 13.8. The van der Waals surface area contributed by atoms with Crippen LogP contribution in [0, 0.1) is 25.5 Å². The van der Waals surface area contributed by atoms with Crippen molar-refractivity contribution >= 4 is 17.5 Å². The summed E-state index contributed by atoms with van der Waals surface area (Å²) < 4.78 is 28.5. The molecule has 0 atom stereocenters. The normalized spacial score (nSPS) is 10.8. The van der Waals surface area contributed by atoms with E-state index in [1.165, 1.54) is 17.7 Å². The maximum absolute atomic E-state index is 13.8. The smallest absolute Gasteiger partial charge is 0.298 e. The van der Waals surface area contributed by atoms with Gasteiger partial charge in [-0.15, -0.1) is 0 Å². The van der Waals surface area contributed by atoms with E-state index in [1.54, 1.807) is 19.9 Å². The third-order valence-corrected chi connectivity index (χ3v) is 4.93. The van der Waals surface area contributed by atoms with Crippen LogP contribution in [0.4, 0.5) is 20.4 Å². The Hall–Kier alpha value is -3.82. The Balaban J connectivity index is 1.89. The van der Waals surface area contributed by atoms with E-state index < -0.39 is 17.2 Å². The molecule has 0 saturated heterocycles. The molecule has 0 radical (unpaired) electrons. The second kappa shape index (κ2) is 9.54. The summed E-state index contributed by atoms with van der Waals surface area (Å²) in [4.78, 5) is 32.8. The van der Waals surface area contributed by atoms with E-state index in [9.17, 15) is 18.4 Å². The van der Waals surface area contributed by atoms with Crippen molar-refractivity contribution in [3.8, 4) is 5.69 Å². The Morgan fingerprint density at radius 1 is 1.19 bits per heavy atom. The van der Waals surface area contributed by atoms with Crippen LogP contribution in [0.5, 0.6) is 0 Å². The van der Waals surface area contributed by atoms with Crippen molar-refractivity contribution in [2.45, 2.75) is 33.7 Å². The Morgan fingerprint density at radius 3 is 2.66 bits per heavy atom. The Kier molecular flexibility index (Phi) is 6.82. The van der Waals surface area contributed by atoms with E-state index in [2.05, 4.69) is 20.6 Å². The minimum absolute atomic E-state index is 0.0378. The number of aromatic nitrogens is 3. The number of pyridine rings is 1. The monoisotopic (exact) mass is 442 g/mol. The number of nitrogens with two attached hydrogens (primary N) is 1. The molecule has 0 spiro atoms. The van der Waals surface area contributed by atoms with Gasteiger partial charge in [0.2, 0.25) is 5.91 Å². The molecule has 0 saturated carbocycles. The molecule has 1 aromatic carbocycles. The number of hydrogen-bond donors (Lipinski definition) is 3. The number of benzene rings is 1. The highest BCUT2D eigenvalue weighted by Crippen LogP contribution is 2.20. The molecular weight excluding hydrogens is 418 g/mol. The van der Waals surface area contributed by atoms with E-state index in [-0.39, 0.29) is 42.6 Å². The second-order valence-electron chi connectivity index (χ2n) is 7.35. The molecule has 1 amide bonds. The Bertz CT molecular complexity index is 1230. The molecule has 0 aliphatic carbocycles. The minimum atomic E-state index is -0.533. The zero-order valence-electron chi connectivity index (χ0n) is 18.0. The summed E-state index contributed by atoms with van der Waals surface area (Å²) in [6, 6.07) is 4.93. The van der Waals surface area contributed by atoms with Gasteiger partial charge in [0.1, 0.15) is 17.5 Å². The van der Waals surface area contributed by atoms with Gasteiger partial charge in [-0.25, -0.2) is 18.7 Å². The first kappa shape index (κ1) is 22.9. The number of rotatable bonds is 7. The molecule has 0 aliphatic heterocycles. The Labute approximate surface area is 183 Å². The number of nitrogens with zero attached hydrogens (tertiary/aromatic N) is 3. The average Bonchev–Trinajstić information content (AvgIpc) is 2.72. The molecule has 0 fully saturated rings. The predicted octanol–water partition coefficient (Wildman–Crippen LogP) is 2.40. The van der Waals surface area contributed by atoms with E-state index in [1.807, 2.05) is 0 Å². The van der Waals surface area contributed by atoms with Crippen LogP contribution in [-0.4, -0.2) is 27.0 Å². The number of hydrogen-bond acceptors (Lipinski definition) is 6. The van der Waals surface area contributed by atoms with Crippen molar-refractivity contribution in [1.29, 1.82) is 0 Å². The second-order valence-corrected chi connectivity index (χ2v) is 7.35. The van der Waals surface area contributed by atoms with Gasteiger partial charge in [0.05, 0.1) is 5.69 Å². The van der Waals surface area contributed by atoms with Gasteiger partial charge in [-0.05, 0) is 55.7 Å². The number of aryl methyl sites for hydroxylation is 2. The van der Waals surface area contributed by atoms with Crippen molar-refractivity contribution in [1.82, 2.24) is 19.9 Å². The fourth-order valence-electron chi connectivity index (χ4n) is 3.24. The van der Waals surface area contributed by atoms with Gasteiger partial charge >= 0.3 is 0 Å². The summed E-state index contributed by atoms with van der Waals surface area (Å²) in [5, 5.41) is 5.58. The lowest BCUT2D eigenvalue weighted by molar-refractivity contribution is -0.119. The van der Waals surface area contributed by atoms with E-state index >= 15 is 0 Å². The summed E-state index contributed by atoms with van der Waals surface area (Å²) in [5.74, 6) is -1.06. The number of anilines is 2. The van der Waals surface area contributed by atoms with Crippen LogP contribution in [-0.2, 0) is 17.8 Å². The highest BCUT2D eigenvalue weighted by Gasteiger charge is 2.15. The summed E-state index contributed by atoms with van der Waals surface area (Å²) >= 11 is 0. The largest absolute Gasteiger partial charge is 0.382 e. The molecule has 32 heavy (non-hydrogen) atoms. The fraction of sp³-hybridized carbons (Fsp3) is 0.273. The van der Waals surface area contributed by atoms with Gasteiger partial charge in [-0.2, -0.15) is 0 Å². The standard InChI is InChI=1S/C22H24F2N6O2/c1-12-10-28-21(26-7-6-15-8-17(23)4-5-18(15)24)22(32)30(12)19-9-16(11-27-14(3)31)13(2)29-20(19)25/h4-5,8-10H,6-7,11H2,1-3H3,(H2,25,29)(H,26,28)(H,27,31). The van der Waals surface area contributed by atoms with E-state index in [4.69, 9.17) is 5.73 Å². The van der Waals surface area contributed by atoms with Crippen LogP contribution in [0.3, 0.4) is 0 Å². The van der Waals surface area contributed by atoms with Crippen molar-refractivity contribution in [3.05, 3.63) is 75.0 Å². The lowest BCUT2D eigenvalue weighted by Gasteiger charge is -2.16. The average molecular weight is 442 g/mol. The van der Waals surface area contributed by atoms with Gasteiger partial charge in [0.15, 0.2) is 5.82 Å². The topological polar surface area (TPSA) is 115 Å². The van der Waals surface area contributed by atoms with Gasteiger partial charge in [0, 0.05) is 37.6 Å². The third kappa shape index (κ3) is 5.08. The molecule has 0 bridgehead atoms. The van der Waals surface area contributed by atoms with Crippen molar-refractivity contribution in [2.75, 3.05) is 17.6 Å². The summed E-state index contributed by atoms with van der Waals surface area (Å²) in [6.45, 7) is 5.28. The van der Waals surface area contributed by atoms with Gasteiger partial charge in [-0.1, -0.05) is 0 Å². The van der Waals surface area contributed by atoms with Crippen LogP contribution in [0.25, 0.3) is 5.69 Å². The van der Waals surface area contributed by atoms with E-state index in [0.29, 0.717) is 22.6 Å². The van der Waals surface area contributed by atoms with Crippen LogP contribution in [0.2, 0.25) is 0 Å². The molecular formula is C22H24F2N6O2. The summed E-state index contributed by atoms with van der Waals surface area (Å²) in [5.41, 5.74) is 8.06. The van der Waals surface area contributed by atoms with Crippen molar-refractivity contribution < 1.29 is 13.6 Å².